The molecule has 2 atom stereocenters. The van der Waals surface area contributed by atoms with Crippen molar-refractivity contribution in [2.45, 2.75) is 16.4 Å². The summed E-state index contributed by atoms with van der Waals surface area (Å²) in [4.78, 5) is 26.0. The molecule has 1 fully saturated rings. The number of nitrogens with one attached hydrogen (secondary N) is 1. The fourth-order valence-corrected chi connectivity index (χ4v) is 1.39. The Morgan fingerprint density at radius 3 is 2.56 bits per heavy atom. The lowest BCUT2D eigenvalue weighted by molar-refractivity contribution is -0.308. The molecular weight excluding hydrogens is 312 g/mol. The van der Waals surface area contributed by atoms with Gasteiger partial charge in [0, 0.05) is 0 Å². The monoisotopic (exact) mass is 321 g/mol. The summed E-state index contributed by atoms with van der Waals surface area (Å²) in [6.07, 6.45) is -1.61. The third-order valence-corrected chi connectivity index (χ3v) is 2.43. The highest BCUT2D eigenvalue weighted by Crippen LogP contribution is 2.26. The number of amides is 1. The van der Waals surface area contributed by atoms with E-state index in [-0.39, 0.29) is 18.9 Å². The number of hydrogen-bond acceptors (Lipinski definition) is 6. The second-order valence-electron chi connectivity index (χ2n) is 3.43. The van der Waals surface area contributed by atoms with Gasteiger partial charge in [0.05, 0.1) is 12.5 Å². The van der Waals surface area contributed by atoms with Gasteiger partial charge in [-0.3, -0.25) is 4.79 Å². The predicted molar refractivity (Wildman–Crippen MR) is 61.3 cm³/mol. The molecule has 0 saturated carbocycles. The molecule has 0 aromatic rings. The largest absolute Gasteiger partial charge is 0.508 e. The maximum absolute atomic E-state index is 11.0. The summed E-state index contributed by atoms with van der Waals surface area (Å²) in [6, 6.07) is 0. The maximum atomic E-state index is 11.0. The van der Waals surface area contributed by atoms with Crippen molar-refractivity contribution in [1.29, 1.82) is 0 Å². The van der Waals surface area contributed by atoms with E-state index in [9.17, 15) is 9.59 Å². The van der Waals surface area contributed by atoms with Crippen molar-refractivity contribution < 1.29 is 29.2 Å². The summed E-state index contributed by atoms with van der Waals surface area (Å²) in [5, 5.41) is 10.7. The van der Waals surface area contributed by atoms with E-state index in [1.165, 1.54) is 0 Å². The molecule has 18 heavy (non-hydrogen) atoms. The zero-order valence-electron chi connectivity index (χ0n) is 8.90. The zero-order valence-corrected chi connectivity index (χ0v) is 11.2. The fraction of sp³-hybridized carbons (Fsp3) is 0.750. The highest BCUT2D eigenvalue weighted by molar-refractivity contribution is 6.67. The Kier molecular flexibility index (Phi) is 5.74. The van der Waals surface area contributed by atoms with E-state index in [0.717, 1.165) is 0 Å². The van der Waals surface area contributed by atoms with E-state index in [4.69, 9.17) is 40.1 Å². The molecule has 1 aliphatic heterocycles. The van der Waals surface area contributed by atoms with Crippen LogP contribution in [0.1, 0.15) is 6.42 Å². The van der Waals surface area contributed by atoms with Crippen LogP contribution in [0.15, 0.2) is 0 Å². The molecule has 0 bridgehead atoms. The molecule has 1 aliphatic rings. The molecule has 0 aliphatic carbocycles. The first-order valence-corrected chi connectivity index (χ1v) is 5.94. The second-order valence-corrected chi connectivity index (χ2v) is 5.95. The molecule has 2 N–H and O–H groups in total. The number of carbonyl (C=O) groups excluding carboxylic acids is 2. The van der Waals surface area contributed by atoms with Gasteiger partial charge in [0.15, 0.2) is 6.23 Å². The number of halogens is 3. The molecule has 10 heteroatoms. The van der Waals surface area contributed by atoms with Crippen molar-refractivity contribution in [2.24, 2.45) is 5.92 Å². The normalized spacial score (nSPS) is 23.0. The van der Waals surface area contributed by atoms with E-state index in [2.05, 4.69) is 19.7 Å². The molecule has 1 saturated heterocycles. The minimum Gasteiger partial charge on any atom is -0.434 e. The minimum absolute atomic E-state index is 0.0867. The molecule has 0 spiro atoms. The lowest BCUT2D eigenvalue weighted by atomic mass is 9.96. The SMILES string of the molecule is O=C(OCC[C@@H]1C(=O)N[C@@H]1OO)OCC(Cl)(Cl)Cl. The van der Waals surface area contributed by atoms with Crippen LogP contribution in [0.25, 0.3) is 0 Å². The summed E-state index contributed by atoms with van der Waals surface area (Å²) >= 11 is 16.1. The molecule has 0 aromatic heterocycles. The van der Waals surface area contributed by atoms with Gasteiger partial charge in [-0.05, 0) is 6.42 Å². The molecule has 1 heterocycles. The van der Waals surface area contributed by atoms with Crippen molar-refractivity contribution >= 4 is 46.9 Å². The van der Waals surface area contributed by atoms with Gasteiger partial charge < -0.3 is 14.8 Å². The van der Waals surface area contributed by atoms with Crippen LogP contribution in [0.2, 0.25) is 0 Å². The quantitative estimate of drug-likeness (QED) is 0.262. The Bertz CT molecular complexity index is 320. The van der Waals surface area contributed by atoms with Gasteiger partial charge in [0.2, 0.25) is 9.70 Å². The Hall–Kier alpha value is -0.470. The third kappa shape index (κ3) is 5.03. The van der Waals surface area contributed by atoms with Crippen LogP contribution >= 0.6 is 34.8 Å². The molecule has 104 valence electrons. The molecule has 1 rings (SSSR count). The minimum atomic E-state index is -1.71. The van der Waals surface area contributed by atoms with Gasteiger partial charge in [0.1, 0.15) is 6.61 Å². The van der Waals surface area contributed by atoms with Crippen LogP contribution in [0.5, 0.6) is 0 Å². The number of rotatable bonds is 5. The summed E-state index contributed by atoms with van der Waals surface area (Å²) in [5.41, 5.74) is 0. The molecule has 0 aromatic carbocycles. The smallest absolute Gasteiger partial charge is 0.434 e. The summed E-state index contributed by atoms with van der Waals surface area (Å²) < 4.78 is 7.41. The molecule has 0 radical (unpaired) electrons. The topological polar surface area (TPSA) is 94.1 Å². The van der Waals surface area contributed by atoms with Crippen LogP contribution in [0.4, 0.5) is 4.79 Å². The standard InChI is InChI=1S/C8H10Cl3NO6/c9-8(10,11)3-17-7(14)16-2-1-4-5(13)12-6(4)18-15/h4,6,15H,1-3H2,(H,12,13)/t4-,6-/m1/s1. The maximum Gasteiger partial charge on any atom is 0.508 e. The number of alkyl halides is 3. The Balaban J connectivity index is 2.14. The van der Waals surface area contributed by atoms with E-state index >= 15 is 0 Å². The van der Waals surface area contributed by atoms with Crippen LogP contribution in [0.3, 0.4) is 0 Å². The Morgan fingerprint density at radius 2 is 2.06 bits per heavy atom. The number of β-lactam (4-membered cyclic amide) rings is 1. The van der Waals surface area contributed by atoms with Gasteiger partial charge in [-0.25, -0.2) is 14.9 Å². The van der Waals surface area contributed by atoms with Crippen molar-refractivity contribution in [3.05, 3.63) is 0 Å². The van der Waals surface area contributed by atoms with Crippen molar-refractivity contribution in [1.82, 2.24) is 5.32 Å². The Labute approximate surface area is 117 Å². The third-order valence-electron chi connectivity index (χ3n) is 2.10. The van der Waals surface area contributed by atoms with E-state index in [1.54, 1.807) is 0 Å². The first kappa shape index (κ1) is 15.6. The van der Waals surface area contributed by atoms with E-state index < -0.39 is 28.7 Å². The Morgan fingerprint density at radius 1 is 1.39 bits per heavy atom. The lowest BCUT2D eigenvalue weighted by Gasteiger charge is -2.33. The number of hydrogen-bond donors (Lipinski definition) is 2. The average molecular weight is 323 g/mol. The predicted octanol–water partition coefficient (Wildman–Crippen LogP) is 1.46. The van der Waals surface area contributed by atoms with Gasteiger partial charge in [-0.1, -0.05) is 34.8 Å². The van der Waals surface area contributed by atoms with Gasteiger partial charge in [-0.15, -0.1) is 0 Å². The second kappa shape index (κ2) is 6.63. The zero-order chi connectivity index (χ0) is 13.8. The fourth-order valence-electron chi connectivity index (χ4n) is 1.22. The van der Waals surface area contributed by atoms with Crippen molar-refractivity contribution in [3.8, 4) is 0 Å². The van der Waals surface area contributed by atoms with E-state index in [1.807, 2.05) is 0 Å². The first-order valence-electron chi connectivity index (χ1n) is 4.80. The van der Waals surface area contributed by atoms with Gasteiger partial charge >= 0.3 is 6.16 Å². The van der Waals surface area contributed by atoms with Crippen LogP contribution in [-0.2, 0) is 19.2 Å². The molecule has 7 nitrogen and oxygen atoms in total. The lowest BCUT2D eigenvalue weighted by Crippen LogP contribution is -2.59. The van der Waals surface area contributed by atoms with Gasteiger partial charge in [-0.2, -0.15) is 0 Å². The van der Waals surface area contributed by atoms with Crippen LogP contribution in [0, 0.1) is 5.92 Å². The number of carbonyl (C=O) groups is 2. The van der Waals surface area contributed by atoms with Crippen molar-refractivity contribution in [2.75, 3.05) is 13.2 Å². The van der Waals surface area contributed by atoms with Crippen LogP contribution < -0.4 is 5.32 Å². The van der Waals surface area contributed by atoms with E-state index in [0.29, 0.717) is 0 Å². The summed E-state index contributed by atoms with van der Waals surface area (Å²) in [7, 11) is 0. The molecular formula is C8H10Cl3NO6. The summed E-state index contributed by atoms with van der Waals surface area (Å²) in [5.74, 6) is -0.872. The highest BCUT2D eigenvalue weighted by Gasteiger charge is 2.40. The van der Waals surface area contributed by atoms with Gasteiger partial charge in [0.25, 0.3) is 0 Å². The van der Waals surface area contributed by atoms with Crippen molar-refractivity contribution in [3.63, 3.8) is 0 Å². The first-order chi connectivity index (χ1) is 8.33. The average Bonchev–Trinajstić information content (AvgIpc) is 2.27. The molecule has 0 unspecified atom stereocenters. The summed E-state index contributed by atoms with van der Waals surface area (Å²) in [6.45, 7) is -0.528. The number of ether oxygens (including phenoxy) is 2. The highest BCUT2D eigenvalue weighted by atomic mass is 35.6. The van der Waals surface area contributed by atoms with Crippen LogP contribution in [-0.4, -0.2) is 40.6 Å². The molecule has 1 amide bonds.